The smallest absolute Gasteiger partial charge is 0.326 e. The molecule has 2 rings (SSSR count). The molecule has 100 valence electrons. The zero-order chi connectivity index (χ0) is 14.0. The highest BCUT2D eigenvalue weighted by atomic mass is 16.4. The number of carbonyl (C=O) groups is 2. The number of phenolic OH excluding ortho intramolecular Hbond substituents is 1. The number of H-pyrrole nitrogens is 1. The van der Waals surface area contributed by atoms with Crippen molar-refractivity contribution in [3.8, 4) is 5.75 Å². The van der Waals surface area contributed by atoms with Crippen molar-refractivity contribution in [2.45, 2.75) is 19.4 Å². The van der Waals surface area contributed by atoms with Gasteiger partial charge in [0.15, 0.2) is 0 Å². The van der Waals surface area contributed by atoms with Gasteiger partial charge in [-0.25, -0.2) is 4.79 Å². The predicted octanol–water partition coefficient (Wildman–Crippen LogP) is 1.01. The lowest BCUT2D eigenvalue weighted by molar-refractivity contribution is -0.141. The quantitative estimate of drug-likeness (QED) is 0.660. The summed E-state index contributed by atoms with van der Waals surface area (Å²) in [5.74, 6) is -1.38. The Bertz CT molecular complexity index is 633. The first-order valence-electron chi connectivity index (χ1n) is 5.76. The van der Waals surface area contributed by atoms with Crippen molar-refractivity contribution in [1.82, 2.24) is 10.3 Å². The normalized spacial score (nSPS) is 12.3. The second-order valence-corrected chi connectivity index (χ2v) is 4.34. The molecule has 4 N–H and O–H groups in total. The van der Waals surface area contributed by atoms with Crippen LogP contribution in [0.5, 0.6) is 5.75 Å². The fraction of sp³-hybridized carbons (Fsp3) is 0.231. The molecule has 0 fully saturated rings. The fourth-order valence-corrected chi connectivity index (χ4v) is 2.00. The average molecular weight is 262 g/mol. The third kappa shape index (κ3) is 2.85. The number of rotatable bonds is 4. The Morgan fingerprint density at radius 3 is 2.79 bits per heavy atom. The van der Waals surface area contributed by atoms with Gasteiger partial charge in [0.2, 0.25) is 5.91 Å². The van der Waals surface area contributed by atoms with Crippen LogP contribution in [0, 0.1) is 0 Å². The Morgan fingerprint density at radius 1 is 1.42 bits per heavy atom. The first-order chi connectivity index (χ1) is 8.97. The van der Waals surface area contributed by atoms with Crippen molar-refractivity contribution < 1.29 is 19.8 Å². The Balaban J connectivity index is 2.31. The number of fused-ring (bicyclic) bond motifs is 1. The predicted molar refractivity (Wildman–Crippen MR) is 68.9 cm³/mol. The molecule has 2 aromatic rings. The van der Waals surface area contributed by atoms with Crippen LogP contribution in [0.1, 0.15) is 12.5 Å². The number of phenols is 1. The summed E-state index contributed by atoms with van der Waals surface area (Å²) in [6, 6.07) is 3.83. The molecule has 0 saturated heterocycles. The number of carbonyl (C=O) groups excluding carboxylic acids is 1. The Morgan fingerprint density at radius 2 is 2.16 bits per heavy atom. The monoisotopic (exact) mass is 262 g/mol. The second kappa shape index (κ2) is 5.01. The van der Waals surface area contributed by atoms with E-state index in [2.05, 4.69) is 10.3 Å². The molecule has 1 heterocycles. The van der Waals surface area contributed by atoms with E-state index >= 15 is 0 Å². The van der Waals surface area contributed by atoms with Crippen molar-refractivity contribution in [2.24, 2.45) is 0 Å². The van der Waals surface area contributed by atoms with E-state index in [-0.39, 0.29) is 12.2 Å². The first-order valence-corrected chi connectivity index (χ1v) is 5.76. The molecule has 1 unspecified atom stereocenters. The van der Waals surface area contributed by atoms with Crippen molar-refractivity contribution in [1.29, 1.82) is 0 Å². The van der Waals surface area contributed by atoms with Gasteiger partial charge in [-0.2, -0.15) is 0 Å². The molecule has 6 nitrogen and oxygen atoms in total. The highest BCUT2D eigenvalue weighted by Crippen LogP contribution is 2.23. The number of aromatic nitrogens is 1. The van der Waals surface area contributed by atoms with E-state index in [1.165, 1.54) is 6.92 Å². The summed E-state index contributed by atoms with van der Waals surface area (Å²) in [7, 11) is 0. The number of aromatic amines is 1. The van der Waals surface area contributed by atoms with Gasteiger partial charge in [0.25, 0.3) is 0 Å². The minimum Gasteiger partial charge on any atom is -0.508 e. The highest BCUT2D eigenvalue weighted by molar-refractivity contribution is 5.87. The van der Waals surface area contributed by atoms with Gasteiger partial charge < -0.3 is 20.5 Å². The molecular formula is C13H14N2O4. The SMILES string of the molecule is CC(=O)NC(Cc1c[nH]c2ccc(O)cc12)C(=O)O. The Hall–Kier alpha value is -2.50. The van der Waals surface area contributed by atoms with Crippen LogP contribution in [-0.2, 0) is 16.0 Å². The minimum atomic E-state index is -1.09. The van der Waals surface area contributed by atoms with Crippen molar-refractivity contribution in [2.75, 3.05) is 0 Å². The number of aromatic hydroxyl groups is 1. The van der Waals surface area contributed by atoms with Crippen LogP contribution in [-0.4, -0.2) is 33.1 Å². The van der Waals surface area contributed by atoms with Gasteiger partial charge in [-0.3, -0.25) is 4.79 Å². The third-order valence-electron chi connectivity index (χ3n) is 2.85. The van der Waals surface area contributed by atoms with Crippen LogP contribution in [0.15, 0.2) is 24.4 Å². The number of amides is 1. The Labute approximate surface area is 109 Å². The largest absolute Gasteiger partial charge is 0.508 e. The summed E-state index contributed by atoms with van der Waals surface area (Å²) in [4.78, 5) is 25.1. The molecule has 6 heteroatoms. The zero-order valence-electron chi connectivity index (χ0n) is 10.3. The fourth-order valence-electron chi connectivity index (χ4n) is 2.00. The van der Waals surface area contributed by atoms with E-state index in [0.717, 1.165) is 16.5 Å². The van der Waals surface area contributed by atoms with E-state index in [9.17, 15) is 14.7 Å². The van der Waals surface area contributed by atoms with Crippen LogP contribution in [0.2, 0.25) is 0 Å². The summed E-state index contributed by atoms with van der Waals surface area (Å²) in [5.41, 5.74) is 1.53. The van der Waals surface area contributed by atoms with Crippen LogP contribution >= 0.6 is 0 Å². The van der Waals surface area contributed by atoms with Crippen LogP contribution in [0.25, 0.3) is 10.9 Å². The summed E-state index contributed by atoms with van der Waals surface area (Å²) >= 11 is 0. The molecule has 19 heavy (non-hydrogen) atoms. The number of hydrogen-bond donors (Lipinski definition) is 4. The third-order valence-corrected chi connectivity index (χ3v) is 2.85. The number of aliphatic carboxylic acids is 1. The summed E-state index contributed by atoms with van der Waals surface area (Å²) < 4.78 is 0. The first kappa shape index (κ1) is 12.9. The van der Waals surface area contributed by atoms with Crippen LogP contribution in [0.4, 0.5) is 0 Å². The standard InChI is InChI=1S/C13H14N2O4/c1-7(16)15-12(13(18)19)4-8-6-14-11-3-2-9(17)5-10(8)11/h2-3,5-6,12,14,17H,4H2,1H3,(H,15,16)(H,18,19). The van der Waals surface area contributed by atoms with Gasteiger partial charge in [0, 0.05) is 30.4 Å². The lowest BCUT2D eigenvalue weighted by Crippen LogP contribution is -2.41. The second-order valence-electron chi connectivity index (χ2n) is 4.34. The van der Waals surface area contributed by atoms with Gasteiger partial charge in [-0.15, -0.1) is 0 Å². The molecule has 0 saturated carbocycles. The molecule has 0 spiro atoms. The molecule has 0 aliphatic heterocycles. The number of carboxylic acid groups (broad SMARTS) is 1. The van der Waals surface area contributed by atoms with E-state index < -0.39 is 17.9 Å². The van der Waals surface area contributed by atoms with Crippen LogP contribution < -0.4 is 5.32 Å². The molecule has 0 radical (unpaired) electrons. The molecule has 0 aliphatic rings. The van der Waals surface area contributed by atoms with E-state index in [0.29, 0.717) is 0 Å². The molecule has 1 aromatic heterocycles. The van der Waals surface area contributed by atoms with Crippen molar-refractivity contribution in [3.63, 3.8) is 0 Å². The maximum Gasteiger partial charge on any atom is 0.326 e. The maximum atomic E-state index is 11.1. The van der Waals surface area contributed by atoms with Crippen molar-refractivity contribution in [3.05, 3.63) is 30.0 Å². The maximum absolute atomic E-state index is 11.1. The van der Waals surface area contributed by atoms with Gasteiger partial charge >= 0.3 is 5.97 Å². The van der Waals surface area contributed by atoms with Gasteiger partial charge in [-0.1, -0.05) is 0 Å². The lowest BCUT2D eigenvalue weighted by Gasteiger charge is -2.12. The molecule has 1 amide bonds. The number of carboxylic acids is 1. The topological polar surface area (TPSA) is 102 Å². The number of benzene rings is 1. The van der Waals surface area contributed by atoms with E-state index in [1.54, 1.807) is 24.4 Å². The average Bonchev–Trinajstić information content (AvgIpc) is 2.70. The zero-order valence-corrected chi connectivity index (χ0v) is 10.3. The summed E-state index contributed by atoms with van der Waals surface area (Å²) in [5, 5.41) is 21.7. The van der Waals surface area contributed by atoms with Crippen LogP contribution in [0.3, 0.4) is 0 Å². The number of nitrogens with one attached hydrogen (secondary N) is 2. The van der Waals surface area contributed by atoms with Gasteiger partial charge in [0.05, 0.1) is 0 Å². The van der Waals surface area contributed by atoms with Crippen molar-refractivity contribution >= 4 is 22.8 Å². The molecule has 0 aliphatic carbocycles. The molecule has 1 atom stereocenters. The Kier molecular flexibility index (Phi) is 3.41. The molecule has 0 bridgehead atoms. The van der Waals surface area contributed by atoms with Gasteiger partial charge in [-0.05, 0) is 23.8 Å². The molecular weight excluding hydrogens is 248 g/mol. The minimum absolute atomic E-state index is 0.111. The van der Waals surface area contributed by atoms with E-state index in [4.69, 9.17) is 5.11 Å². The highest BCUT2D eigenvalue weighted by Gasteiger charge is 2.20. The summed E-state index contributed by atoms with van der Waals surface area (Å²) in [6.07, 6.45) is 1.83. The molecule has 1 aromatic carbocycles. The summed E-state index contributed by atoms with van der Waals surface area (Å²) in [6.45, 7) is 1.27. The lowest BCUT2D eigenvalue weighted by atomic mass is 10.0. The number of hydrogen-bond acceptors (Lipinski definition) is 3. The van der Waals surface area contributed by atoms with E-state index in [1.807, 2.05) is 0 Å². The van der Waals surface area contributed by atoms with Gasteiger partial charge in [0.1, 0.15) is 11.8 Å².